The monoisotopic (exact) mass is 1100 g/mol. The van der Waals surface area contributed by atoms with Crippen molar-refractivity contribution in [3.8, 4) is 0 Å². The largest absolute Gasteiger partial charge is 0.480 e. The second kappa shape index (κ2) is 23.5. The minimum atomic E-state index is -1.20. The average Bonchev–Trinajstić information content (AvgIpc) is 4.31. The van der Waals surface area contributed by atoms with Crippen LogP contribution < -0.4 is 31.9 Å². The summed E-state index contributed by atoms with van der Waals surface area (Å²) in [6.45, 7) is 0.353. The van der Waals surface area contributed by atoms with E-state index in [1.165, 1.54) is 0 Å². The van der Waals surface area contributed by atoms with Crippen molar-refractivity contribution in [3.05, 3.63) is 179 Å². The van der Waals surface area contributed by atoms with Crippen molar-refractivity contribution < 1.29 is 39.6 Å². The average molecular weight is 1100 g/mol. The fourth-order valence-corrected chi connectivity index (χ4v) is 9.75. The Hall–Kier alpha value is -11.0. The van der Waals surface area contributed by atoms with Gasteiger partial charge in [0.05, 0.1) is 0 Å². The summed E-state index contributed by atoms with van der Waals surface area (Å²) in [5.41, 5.74) is 7.88. The fourth-order valence-electron chi connectivity index (χ4n) is 9.75. The Morgan fingerprint density at radius 3 is 1.06 bits per heavy atom. The molecule has 0 aliphatic rings. The number of nitrogens with one attached hydrogen (secondary N) is 10. The number of fused-ring (bicyclic) bond motifs is 4. The van der Waals surface area contributed by atoms with Crippen LogP contribution in [0.15, 0.2) is 146 Å². The van der Waals surface area contributed by atoms with Crippen LogP contribution in [0.4, 0.5) is 35.7 Å². The maximum absolute atomic E-state index is 12.7. The summed E-state index contributed by atoms with van der Waals surface area (Å²) < 4.78 is 0. The maximum Gasteiger partial charge on any atom is 0.326 e. The zero-order valence-electron chi connectivity index (χ0n) is 43.5. The normalized spacial score (nSPS) is 12.9. The molecule has 0 aliphatic carbocycles. The summed E-state index contributed by atoms with van der Waals surface area (Å²) in [5.74, 6) is -5.05. The highest BCUT2D eigenvalue weighted by Gasteiger charge is 2.27. The van der Waals surface area contributed by atoms with E-state index in [0.29, 0.717) is 5.69 Å². The zero-order valence-corrected chi connectivity index (χ0v) is 43.5. The molecule has 24 heteroatoms. The van der Waals surface area contributed by atoms with Crippen molar-refractivity contribution >= 4 is 103 Å². The number of para-hydroxylation sites is 4. The van der Waals surface area contributed by atoms with Gasteiger partial charge in [0, 0.05) is 101 Å². The van der Waals surface area contributed by atoms with Gasteiger partial charge in [-0.3, -0.25) is 0 Å². The first-order valence-corrected chi connectivity index (χ1v) is 26.1. The van der Waals surface area contributed by atoms with E-state index in [1.54, 1.807) is 18.6 Å². The molecule has 82 heavy (non-hydrogen) atoms. The van der Waals surface area contributed by atoms with Crippen molar-refractivity contribution in [2.45, 2.75) is 62.9 Å². The first-order chi connectivity index (χ1) is 39.8. The summed E-state index contributed by atoms with van der Waals surface area (Å²) in [7, 11) is 0. The number of anilines is 6. The van der Waals surface area contributed by atoms with Crippen molar-refractivity contribution in [2.24, 2.45) is 0 Å². The summed E-state index contributed by atoms with van der Waals surface area (Å²) in [6, 6.07) is 34.7. The summed E-state index contributed by atoms with van der Waals surface area (Å²) >= 11 is 0. The number of aromatic amines is 4. The van der Waals surface area contributed by atoms with Crippen LogP contribution in [0.2, 0.25) is 0 Å². The molecule has 0 spiro atoms. The maximum atomic E-state index is 12.7. The standard InChI is InChI=1S/C58H54N16O8/c75-49(76)45(22-34-28-59-42-14-6-2-10-38(34)42)65-55-69-53(70-56(73-55)66-46(50(77)78)23-35-29-60-43-15-7-3-11-39(35)43)62-26-31-17-19-32(20-18-31)27-63-54-71-57(67-47(51(79)80)24-36-30-61-44-16-8-4-12-40(36)44)74-58(72-54)68-48(52(81)82)25-37-21-33-9-1-5-13-41(33)64-37/h1-21,28-30,45-48,59-61,64H,22-27H2,(H,75,76)(H,77,78)(H,79,80)(H,81,82)(H3,62,65,66,69,70,73)(H3,63,67,68,71,72,74)/t45-,46-,47-,48-/m0/s1. The van der Waals surface area contributed by atoms with E-state index in [1.807, 2.05) is 127 Å². The molecule has 11 aromatic rings. The molecule has 0 unspecified atom stereocenters. The topological polar surface area (TPSA) is 362 Å². The third kappa shape index (κ3) is 12.4. The molecule has 6 heterocycles. The lowest BCUT2D eigenvalue weighted by molar-refractivity contribution is -0.138. The van der Waals surface area contributed by atoms with Crippen LogP contribution >= 0.6 is 0 Å². The summed E-state index contributed by atoms with van der Waals surface area (Å²) in [6.07, 6.45) is 5.51. The molecule has 414 valence electrons. The van der Waals surface area contributed by atoms with Crippen LogP contribution in [0.5, 0.6) is 0 Å². The van der Waals surface area contributed by atoms with E-state index < -0.39 is 48.0 Å². The van der Waals surface area contributed by atoms with E-state index in [4.69, 9.17) is 0 Å². The number of rotatable bonds is 26. The van der Waals surface area contributed by atoms with E-state index in [2.05, 4.69) is 81.7 Å². The molecule has 0 fully saturated rings. The molecule has 6 aromatic heterocycles. The molecular weight excluding hydrogens is 1050 g/mol. The van der Waals surface area contributed by atoms with Gasteiger partial charge in [0.2, 0.25) is 35.7 Å². The number of aromatic nitrogens is 10. The highest BCUT2D eigenvalue weighted by molar-refractivity contribution is 5.88. The van der Waals surface area contributed by atoms with E-state index in [0.717, 1.165) is 71.4 Å². The molecule has 4 atom stereocenters. The van der Waals surface area contributed by atoms with Gasteiger partial charge in [-0.2, -0.15) is 29.9 Å². The number of aliphatic carboxylic acids is 4. The summed E-state index contributed by atoms with van der Waals surface area (Å²) in [5, 5.41) is 63.2. The molecule has 14 N–H and O–H groups in total. The zero-order chi connectivity index (χ0) is 56.7. The predicted molar refractivity (Wildman–Crippen MR) is 309 cm³/mol. The van der Waals surface area contributed by atoms with Gasteiger partial charge in [-0.25, -0.2) is 19.2 Å². The van der Waals surface area contributed by atoms with Gasteiger partial charge in [-0.15, -0.1) is 0 Å². The lowest BCUT2D eigenvalue weighted by Crippen LogP contribution is -2.34. The van der Waals surface area contributed by atoms with Crippen LogP contribution in [0.3, 0.4) is 0 Å². The van der Waals surface area contributed by atoms with Crippen LogP contribution in [0, 0.1) is 0 Å². The first kappa shape index (κ1) is 53.0. The Bertz CT molecular complexity index is 3970. The molecule has 24 nitrogen and oxygen atoms in total. The third-order valence-corrected chi connectivity index (χ3v) is 13.9. The van der Waals surface area contributed by atoms with Crippen molar-refractivity contribution in [3.63, 3.8) is 0 Å². The van der Waals surface area contributed by atoms with Gasteiger partial charge in [0.15, 0.2) is 0 Å². The van der Waals surface area contributed by atoms with Crippen LogP contribution in [-0.4, -0.2) is 118 Å². The molecule has 5 aromatic carbocycles. The lowest BCUT2D eigenvalue weighted by atomic mass is 10.1. The number of benzene rings is 5. The van der Waals surface area contributed by atoms with Gasteiger partial charge in [-0.05, 0) is 63.5 Å². The SMILES string of the molecule is O=C(O)[C@H](Cc1cc2ccccc2[nH]1)Nc1nc(NCc2ccc(CNc3nc(N[C@@H](Cc4c[nH]c5ccccc45)C(=O)O)nc(N[C@@H](Cc4c[nH]c5ccccc45)C(=O)O)n3)cc2)nc(N[C@@H](Cc2c[nH]c3ccccc23)C(=O)O)n1. The summed E-state index contributed by atoms with van der Waals surface area (Å²) in [4.78, 5) is 90.7. The Balaban J connectivity index is 0.811. The Labute approximate surface area is 465 Å². The molecular formula is C58H54N16O8. The minimum absolute atomic E-state index is 0.0264. The van der Waals surface area contributed by atoms with Crippen LogP contribution in [0.1, 0.15) is 33.5 Å². The molecule has 0 saturated heterocycles. The first-order valence-electron chi connectivity index (χ1n) is 26.1. The number of hydrogen-bond acceptors (Lipinski definition) is 16. The number of carboxylic acid groups (broad SMARTS) is 4. The van der Waals surface area contributed by atoms with Gasteiger partial charge in [0.25, 0.3) is 0 Å². The lowest BCUT2D eigenvalue weighted by Gasteiger charge is -2.18. The predicted octanol–water partition coefficient (Wildman–Crippen LogP) is 7.64. The Morgan fingerprint density at radius 2 is 0.707 bits per heavy atom. The van der Waals surface area contributed by atoms with Crippen molar-refractivity contribution in [1.29, 1.82) is 0 Å². The highest BCUT2D eigenvalue weighted by atomic mass is 16.4. The van der Waals surface area contributed by atoms with E-state index >= 15 is 0 Å². The van der Waals surface area contributed by atoms with Gasteiger partial charge in [0.1, 0.15) is 24.2 Å². The molecule has 0 amide bonds. The van der Waals surface area contributed by atoms with E-state index in [9.17, 15) is 39.6 Å². The van der Waals surface area contributed by atoms with Gasteiger partial charge < -0.3 is 72.3 Å². The Morgan fingerprint density at radius 1 is 0.390 bits per heavy atom. The molecule has 11 rings (SSSR count). The van der Waals surface area contributed by atoms with Crippen molar-refractivity contribution in [2.75, 3.05) is 31.9 Å². The number of carbonyl (C=O) groups is 4. The number of H-pyrrole nitrogens is 4. The minimum Gasteiger partial charge on any atom is -0.480 e. The molecule has 0 bridgehead atoms. The quantitative estimate of drug-likeness (QED) is 0.0248. The molecule has 0 saturated carbocycles. The van der Waals surface area contributed by atoms with E-state index in [-0.39, 0.29) is 74.5 Å². The van der Waals surface area contributed by atoms with Gasteiger partial charge in [-0.1, -0.05) is 97.1 Å². The van der Waals surface area contributed by atoms with Crippen LogP contribution in [0.25, 0.3) is 43.6 Å². The molecule has 0 aliphatic heterocycles. The van der Waals surface area contributed by atoms with Gasteiger partial charge >= 0.3 is 23.9 Å². The van der Waals surface area contributed by atoms with Crippen LogP contribution in [-0.2, 0) is 58.0 Å². The fraction of sp³-hybridized carbons (Fsp3) is 0.172. The number of hydrogen-bond donors (Lipinski definition) is 14. The molecule has 0 radical (unpaired) electrons. The Kier molecular flexibility index (Phi) is 15.2. The number of nitrogens with zero attached hydrogens (tertiary/aromatic N) is 6. The highest BCUT2D eigenvalue weighted by Crippen LogP contribution is 2.25. The second-order valence-electron chi connectivity index (χ2n) is 19.6. The number of carboxylic acids is 4. The third-order valence-electron chi connectivity index (χ3n) is 13.9. The van der Waals surface area contributed by atoms with Crippen molar-refractivity contribution in [1.82, 2.24) is 49.8 Å². The second-order valence-corrected chi connectivity index (χ2v) is 19.6. The smallest absolute Gasteiger partial charge is 0.326 e.